The lowest BCUT2D eigenvalue weighted by molar-refractivity contribution is -0.132. The molecule has 1 aromatic rings. The molecule has 1 aliphatic heterocycles. The molecule has 0 radical (unpaired) electrons. The lowest BCUT2D eigenvalue weighted by atomic mass is 9.93. The molecule has 0 aliphatic carbocycles. The normalized spacial score (nSPS) is 19.0. The van der Waals surface area contributed by atoms with Gasteiger partial charge in [0.15, 0.2) is 0 Å². The molecule has 0 spiro atoms. The van der Waals surface area contributed by atoms with Gasteiger partial charge >= 0.3 is 0 Å². The second-order valence-electron chi connectivity index (χ2n) is 5.56. The van der Waals surface area contributed by atoms with Gasteiger partial charge in [-0.2, -0.15) is 0 Å². The SMILES string of the molecule is COc1ccc2c(c1)CCN(C(=O)CNCC(C)O)C2C. The maximum atomic E-state index is 12.3. The van der Waals surface area contributed by atoms with Crippen molar-refractivity contribution in [3.8, 4) is 5.75 Å². The molecule has 2 rings (SSSR count). The summed E-state index contributed by atoms with van der Waals surface area (Å²) in [5.41, 5.74) is 2.44. The Balaban J connectivity index is 2.02. The zero-order valence-corrected chi connectivity index (χ0v) is 12.9. The second kappa shape index (κ2) is 6.91. The lowest BCUT2D eigenvalue weighted by Gasteiger charge is -2.35. The minimum Gasteiger partial charge on any atom is -0.497 e. The fraction of sp³-hybridized carbons (Fsp3) is 0.562. The third-order valence-corrected chi connectivity index (χ3v) is 3.93. The van der Waals surface area contributed by atoms with Crippen molar-refractivity contribution in [3.63, 3.8) is 0 Å². The van der Waals surface area contributed by atoms with Gasteiger partial charge < -0.3 is 20.1 Å². The van der Waals surface area contributed by atoms with Crippen molar-refractivity contribution in [1.82, 2.24) is 10.2 Å². The zero-order valence-electron chi connectivity index (χ0n) is 12.9. The molecule has 0 fully saturated rings. The van der Waals surface area contributed by atoms with Crippen molar-refractivity contribution in [2.75, 3.05) is 26.7 Å². The summed E-state index contributed by atoms with van der Waals surface area (Å²) >= 11 is 0. The van der Waals surface area contributed by atoms with Gasteiger partial charge in [-0.25, -0.2) is 0 Å². The van der Waals surface area contributed by atoms with Gasteiger partial charge in [0, 0.05) is 13.1 Å². The Labute approximate surface area is 125 Å². The number of fused-ring (bicyclic) bond motifs is 1. The van der Waals surface area contributed by atoms with Gasteiger partial charge in [-0.05, 0) is 43.5 Å². The molecule has 2 unspecified atom stereocenters. The van der Waals surface area contributed by atoms with E-state index in [1.165, 1.54) is 11.1 Å². The predicted molar refractivity (Wildman–Crippen MR) is 81.4 cm³/mol. The molecule has 0 bridgehead atoms. The monoisotopic (exact) mass is 292 g/mol. The average Bonchev–Trinajstić information content (AvgIpc) is 2.46. The van der Waals surface area contributed by atoms with Crippen LogP contribution in [0.1, 0.15) is 31.0 Å². The Morgan fingerprint density at radius 3 is 3.00 bits per heavy atom. The van der Waals surface area contributed by atoms with Crippen molar-refractivity contribution < 1.29 is 14.6 Å². The number of carbonyl (C=O) groups excluding carboxylic acids is 1. The van der Waals surface area contributed by atoms with Crippen molar-refractivity contribution in [1.29, 1.82) is 0 Å². The van der Waals surface area contributed by atoms with Crippen LogP contribution in [0.4, 0.5) is 0 Å². The lowest BCUT2D eigenvalue weighted by Crippen LogP contribution is -2.44. The number of amides is 1. The molecule has 2 N–H and O–H groups in total. The molecular weight excluding hydrogens is 268 g/mol. The highest BCUT2D eigenvalue weighted by atomic mass is 16.5. The number of aliphatic hydroxyl groups excluding tert-OH is 1. The largest absolute Gasteiger partial charge is 0.497 e. The van der Waals surface area contributed by atoms with Gasteiger partial charge in [-0.15, -0.1) is 0 Å². The Bertz CT molecular complexity index is 502. The predicted octanol–water partition coefficient (Wildman–Crippen LogP) is 1.11. The van der Waals surface area contributed by atoms with Gasteiger partial charge in [-0.1, -0.05) is 6.07 Å². The van der Waals surface area contributed by atoms with Gasteiger partial charge in [0.1, 0.15) is 5.75 Å². The van der Waals surface area contributed by atoms with Crippen LogP contribution in [0.2, 0.25) is 0 Å². The Morgan fingerprint density at radius 2 is 2.33 bits per heavy atom. The Hall–Kier alpha value is -1.59. The summed E-state index contributed by atoms with van der Waals surface area (Å²) in [6, 6.07) is 6.11. The first kappa shape index (κ1) is 15.8. The highest BCUT2D eigenvalue weighted by Crippen LogP contribution is 2.31. The van der Waals surface area contributed by atoms with E-state index < -0.39 is 6.10 Å². The van der Waals surface area contributed by atoms with Gasteiger partial charge in [0.05, 0.1) is 25.8 Å². The van der Waals surface area contributed by atoms with Crippen LogP contribution in [-0.2, 0) is 11.2 Å². The summed E-state index contributed by atoms with van der Waals surface area (Å²) in [4.78, 5) is 14.2. The number of hydrogen-bond donors (Lipinski definition) is 2. The van der Waals surface area contributed by atoms with Crippen LogP contribution in [0.3, 0.4) is 0 Å². The number of nitrogens with zero attached hydrogens (tertiary/aromatic N) is 1. The summed E-state index contributed by atoms with van der Waals surface area (Å²) < 4.78 is 5.25. The van der Waals surface area contributed by atoms with Crippen molar-refractivity contribution in [2.24, 2.45) is 0 Å². The molecule has 21 heavy (non-hydrogen) atoms. The third kappa shape index (κ3) is 3.74. The smallest absolute Gasteiger partial charge is 0.237 e. The van der Waals surface area contributed by atoms with Crippen LogP contribution in [-0.4, -0.2) is 48.8 Å². The fourth-order valence-electron chi connectivity index (χ4n) is 2.77. The van der Waals surface area contributed by atoms with E-state index in [0.29, 0.717) is 6.54 Å². The number of methoxy groups -OCH3 is 1. The first-order valence-electron chi connectivity index (χ1n) is 7.38. The molecule has 5 nitrogen and oxygen atoms in total. The fourth-order valence-corrected chi connectivity index (χ4v) is 2.77. The molecule has 116 valence electrons. The van der Waals surface area contributed by atoms with Crippen molar-refractivity contribution in [2.45, 2.75) is 32.4 Å². The highest BCUT2D eigenvalue weighted by molar-refractivity contribution is 5.79. The van der Waals surface area contributed by atoms with Gasteiger partial charge in [0.2, 0.25) is 5.91 Å². The molecule has 1 amide bonds. The van der Waals surface area contributed by atoms with Gasteiger partial charge in [0.25, 0.3) is 0 Å². The number of carbonyl (C=O) groups is 1. The second-order valence-corrected chi connectivity index (χ2v) is 5.56. The molecule has 0 aromatic heterocycles. The van der Waals surface area contributed by atoms with E-state index in [2.05, 4.69) is 18.3 Å². The first-order chi connectivity index (χ1) is 10.0. The van der Waals surface area contributed by atoms with Crippen LogP contribution < -0.4 is 10.1 Å². The van der Waals surface area contributed by atoms with Crippen LogP contribution in [0.25, 0.3) is 0 Å². The summed E-state index contributed by atoms with van der Waals surface area (Å²) in [6.45, 7) is 5.17. The third-order valence-electron chi connectivity index (χ3n) is 3.93. The quantitative estimate of drug-likeness (QED) is 0.853. The van der Waals surface area contributed by atoms with E-state index in [1.54, 1.807) is 14.0 Å². The maximum Gasteiger partial charge on any atom is 0.237 e. The van der Waals surface area contributed by atoms with E-state index in [9.17, 15) is 9.90 Å². The minimum atomic E-state index is -0.440. The molecule has 2 atom stereocenters. The topological polar surface area (TPSA) is 61.8 Å². The number of nitrogens with one attached hydrogen (secondary N) is 1. The molecule has 5 heteroatoms. The van der Waals surface area contributed by atoms with E-state index in [1.807, 2.05) is 17.0 Å². The number of hydrogen-bond acceptors (Lipinski definition) is 4. The number of aliphatic hydroxyl groups is 1. The summed E-state index contributed by atoms with van der Waals surface area (Å²) in [5.74, 6) is 0.934. The Morgan fingerprint density at radius 1 is 1.57 bits per heavy atom. The van der Waals surface area contributed by atoms with Crippen LogP contribution in [0.5, 0.6) is 5.75 Å². The number of ether oxygens (including phenoxy) is 1. The van der Waals surface area contributed by atoms with E-state index >= 15 is 0 Å². The average molecular weight is 292 g/mol. The standard InChI is InChI=1S/C16H24N2O3/c1-11(19)9-17-10-16(20)18-7-6-13-8-14(21-3)4-5-15(13)12(18)2/h4-5,8,11-12,17,19H,6-7,9-10H2,1-3H3. The minimum absolute atomic E-state index is 0.0699. The zero-order chi connectivity index (χ0) is 15.4. The number of benzene rings is 1. The molecule has 1 heterocycles. The Kier molecular flexibility index (Phi) is 5.20. The summed E-state index contributed by atoms with van der Waals surface area (Å²) in [5, 5.41) is 12.2. The van der Waals surface area contributed by atoms with Crippen LogP contribution >= 0.6 is 0 Å². The highest BCUT2D eigenvalue weighted by Gasteiger charge is 2.27. The van der Waals surface area contributed by atoms with Crippen molar-refractivity contribution in [3.05, 3.63) is 29.3 Å². The van der Waals surface area contributed by atoms with E-state index in [0.717, 1.165) is 18.7 Å². The molecule has 1 aliphatic rings. The summed E-state index contributed by atoms with van der Waals surface area (Å²) in [7, 11) is 1.66. The molecule has 0 saturated carbocycles. The summed E-state index contributed by atoms with van der Waals surface area (Å²) in [6.07, 6.45) is 0.406. The first-order valence-corrected chi connectivity index (χ1v) is 7.38. The van der Waals surface area contributed by atoms with Crippen LogP contribution in [0.15, 0.2) is 18.2 Å². The maximum absolute atomic E-state index is 12.3. The van der Waals surface area contributed by atoms with E-state index in [-0.39, 0.29) is 18.5 Å². The van der Waals surface area contributed by atoms with Crippen molar-refractivity contribution >= 4 is 5.91 Å². The van der Waals surface area contributed by atoms with Crippen LogP contribution in [0, 0.1) is 0 Å². The molecule has 0 saturated heterocycles. The molecule has 1 aromatic carbocycles. The number of rotatable bonds is 5. The molecular formula is C16H24N2O3. The van der Waals surface area contributed by atoms with E-state index in [4.69, 9.17) is 4.74 Å². The van der Waals surface area contributed by atoms with Gasteiger partial charge in [-0.3, -0.25) is 4.79 Å².